The number of aromatic nitrogens is 2. The van der Waals surface area contributed by atoms with Gasteiger partial charge in [-0.3, -0.25) is 4.79 Å². The fourth-order valence-corrected chi connectivity index (χ4v) is 4.61. The van der Waals surface area contributed by atoms with Gasteiger partial charge in [0, 0.05) is 29.4 Å². The molecule has 3 rings (SSSR count). The smallest absolute Gasteiger partial charge is 0.230 e. The standard InChI is InChI=1S/C18H25N3O2S/c1-10(16-12(3)20-23-13(16)4)18(22)21-8-6-7-15(9-21)17-19-11(2)14(5)24-17/h10,15H,6-9H2,1-5H3. The number of likely N-dealkylation sites (tertiary alicyclic amines) is 1. The summed E-state index contributed by atoms with van der Waals surface area (Å²) in [5.74, 6) is 1.05. The van der Waals surface area contributed by atoms with E-state index >= 15 is 0 Å². The number of aryl methyl sites for hydroxylation is 4. The predicted molar refractivity (Wildman–Crippen MR) is 94.5 cm³/mol. The molecule has 1 amide bonds. The SMILES string of the molecule is Cc1nc(C2CCCN(C(=O)C(C)c3c(C)noc3C)C2)sc1C. The minimum absolute atomic E-state index is 0.166. The molecule has 0 spiro atoms. The molecule has 3 heterocycles. The van der Waals surface area contributed by atoms with Crippen molar-refractivity contribution in [3.8, 4) is 0 Å². The van der Waals surface area contributed by atoms with Gasteiger partial charge in [0.25, 0.3) is 0 Å². The third-order valence-corrected chi connectivity index (χ3v) is 6.25. The molecule has 0 radical (unpaired) electrons. The molecular weight excluding hydrogens is 322 g/mol. The topological polar surface area (TPSA) is 59.2 Å². The third kappa shape index (κ3) is 3.11. The molecule has 130 valence electrons. The van der Waals surface area contributed by atoms with Crippen molar-refractivity contribution in [2.75, 3.05) is 13.1 Å². The summed E-state index contributed by atoms with van der Waals surface area (Å²) in [7, 11) is 0. The molecule has 0 aliphatic carbocycles. The van der Waals surface area contributed by atoms with Crippen LogP contribution in [0.15, 0.2) is 4.52 Å². The first-order chi connectivity index (χ1) is 11.4. The van der Waals surface area contributed by atoms with Gasteiger partial charge in [-0.2, -0.15) is 0 Å². The number of piperidine rings is 1. The Morgan fingerprint density at radius 2 is 2.04 bits per heavy atom. The number of carbonyl (C=O) groups is 1. The molecule has 2 aromatic heterocycles. The zero-order valence-corrected chi connectivity index (χ0v) is 15.9. The Morgan fingerprint density at radius 3 is 2.62 bits per heavy atom. The van der Waals surface area contributed by atoms with Gasteiger partial charge in [-0.15, -0.1) is 11.3 Å². The number of rotatable bonds is 3. The molecule has 0 aromatic carbocycles. The van der Waals surface area contributed by atoms with Gasteiger partial charge in [-0.05, 0) is 47.5 Å². The molecule has 1 fully saturated rings. The Hall–Kier alpha value is -1.69. The van der Waals surface area contributed by atoms with Gasteiger partial charge in [-0.25, -0.2) is 4.98 Å². The summed E-state index contributed by atoms with van der Waals surface area (Å²) in [6.07, 6.45) is 2.14. The van der Waals surface area contributed by atoms with E-state index in [9.17, 15) is 4.79 Å². The summed E-state index contributed by atoms with van der Waals surface area (Å²) in [5.41, 5.74) is 2.86. The van der Waals surface area contributed by atoms with Gasteiger partial charge in [0.1, 0.15) is 5.76 Å². The Kier molecular flexibility index (Phi) is 4.76. The van der Waals surface area contributed by atoms with Crippen molar-refractivity contribution in [3.63, 3.8) is 0 Å². The van der Waals surface area contributed by atoms with Gasteiger partial charge in [0.05, 0.1) is 22.3 Å². The van der Waals surface area contributed by atoms with Gasteiger partial charge in [-0.1, -0.05) is 5.16 Å². The van der Waals surface area contributed by atoms with E-state index in [-0.39, 0.29) is 11.8 Å². The first kappa shape index (κ1) is 17.1. The molecule has 0 bridgehead atoms. The predicted octanol–water partition coefficient (Wildman–Crippen LogP) is 3.87. The van der Waals surface area contributed by atoms with E-state index in [2.05, 4.69) is 19.0 Å². The van der Waals surface area contributed by atoms with Crippen LogP contribution >= 0.6 is 11.3 Å². The minimum atomic E-state index is -0.213. The maximum absolute atomic E-state index is 13.0. The molecule has 2 unspecified atom stereocenters. The molecule has 24 heavy (non-hydrogen) atoms. The molecule has 0 N–H and O–H groups in total. The highest BCUT2D eigenvalue weighted by Gasteiger charge is 2.31. The van der Waals surface area contributed by atoms with Crippen LogP contribution in [0.2, 0.25) is 0 Å². The van der Waals surface area contributed by atoms with Crippen LogP contribution in [0, 0.1) is 27.7 Å². The minimum Gasteiger partial charge on any atom is -0.361 e. The van der Waals surface area contributed by atoms with E-state index < -0.39 is 0 Å². The van der Waals surface area contributed by atoms with E-state index in [0.29, 0.717) is 5.92 Å². The molecule has 1 aliphatic heterocycles. The largest absolute Gasteiger partial charge is 0.361 e. The van der Waals surface area contributed by atoms with E-state index in [1.54, 1.807) is 11.3 Å². The van der Waals surface area contributed by atoms with Crippen molar-refractivity contribution in [2.24, 2.45) is 0 Å². The summed E-state index contributed by atoms with van der Waals surface area (Å²) in [5, 5.41) is 5.16. The second-order valence-electron chi connectivity index (χ2n) is 6.78. The van der Waals surface area contributed by atoms with Crippen LogP contribution in [-0.2, 0) is 4.79 Å². The van der Waals surface area contributed by atoms with Gasteiger partial charge < -0.3 is 9.42 Å². The summed E-state index contributed by atoms with van der Waals surface area (Å²) in [4.78, 5) is 21.0. The zero-order chi connectivity index (χ0) is 17.4. The molecule has 1 saturated heterocycles. The number of amides is 1. The zero-order valence-electron chi connectivity index (χ0n) is 15.0. The highest BCUT2D eigenvalue weighted by Crippen LogP contribution is 2.33. The number of carbonyl (C=O) groups excluding carboxylic acids is 1. The lowest BCUT2D eigenvalue weighted by molar-refractivity contribution is -0.133. The van der Waals surface area contributed by atoms with Crippen LogP contribution in [0.25, 0.3) is 0 Å². The second kappa shape index (κ2) is 6.67. The molecule has 0 saturated carbocycles. The quantitative estimate of drug-likeness (QED) is 0.845. The maximum atomic E-state index is 13.0. The highest BCUT2D eigenvalue weighted by atomic mass is 32.1. The van der Waals surface area contributed by atoms with Crippen molar-refractivity contribution in [1.82, 2.24) is 15.0 Å². The van der Waals surface area contributed by atoms with Gasteiger partial charge >= 0.3 is 0 Å². The summed E-state index contributed by atoms with van der Waals surface area (Å²) < 4.78 is 5.23. The summed E-state index contributed by atoms with van der Waals surface area (Å²) >= 11 is 1.77. The average Bonchev–Trinajstić information content (AvgIpc) is 3.08. The molecule has 1 aliphatic rings. The molecular formula is C18H25N3O2S. The van der Waals surface area contributed by atoms with Crippen molar-refractivity contribution in [2.45, 2.75) is 59.3 Å². The first-order valence-corrected chi connectivity index (χ1v) is 9.35. The summed E-state index contributed by atoms with van der Waals surface area (Å²) in [6.45, 7) is 11.5. The number of thiazole rings is 1. The fourth-order valence-electron chi connectivity index (χ4n) is 3.56. The Morgan fingerprint density at radius 1 is 1.29 bits per heavy atom. The molecule has 5 nitrogen and oxygen atoms in total. The monoisotopic (exact) mass is 347 g/mol. The fraction of sp³-hybridized carbons (Fsp3) is 0.611. The number of nitrogens with zero attached hydrogens (tertiary/aromatic N) is 3. The van der Waals surface area contributed by atoms with Gasteiger partial charge in [0.2, 0.25) is 5.91 Å². The van der Waals surface area contributed by atoms with Crippen LogP contribution in [0.1, 0.15) is 64.2 Å². The van der Waals surface area contributed by atoms with E-state index in [1.165, 1.54) is 9.88 Å². The summed E-state index contributed by atoms with van der Waals surface area (Å²) in [6, 6.07) is 0. The van der Waals surface area contributed by atoms with Crippen LogP contribution in [0.5, 0.6) is 0 Å². The Labute approximate surface area is 147 Å². The molecule has 2 aromatic rings. The first-order valence-electron chi connectivity index (χ1n) is 8.54. The van der Waals surface area contributed by atoms with Crippen LogP contribution in [0.4, 0.5) is 0 Å². The lowest BCUT2D eigenvalue weighted by atomic mass is 9.94. The van der Waals surface area contributed by atoms with E-state index in [4.69, 9.17) is 9.51 Å². The highest BCUT2D eigenvalue weighted by molar-refractivity contribution is 7.11. The van der Waals surface area contributed by atoms with E-state index in [0.717, 1.165) is 48.6 Å². The normalized spacial score (nSPS) is 19.5. The van der Waals surface area contributed by atoms with E-state index in [1.807, 2.05) is 25.7 Å². The number of hydrogen-bond acceptors (Lipinski definition) is 5. The van der Waals surface area contributed by atoms with Crippen molar-refractivity contribution < 1.29 is 9.32 Å². The average molecular weight is 347 g/mol. The van der Waals surface area contributed by atoms with Crippen LogP contribution in [0.3, 0.4) is 0 Å². The van der Waals surface area contributed by atoms with Crippen LogP contribution in [-0.4, -0.2) is 34.0 Å². The Balaban J connectivity index is 1.75. The third-order valence-electron chi connectivity index (χ3n) is 5.02. The van der Waals surface area contributed by atoms with Crippen molar-refractivity contribution >= 4 is 17.2 Å². The number of hydrogen-bond donors (Lipinski definition) is 0. The van der Waals surface area contributed by atoms with Gasteiger partial charge in [0.15, 0.2) is 0 Å². The Bertz CT molecular complexity index is 711. The second-order valence-corrected chi connectivity index (χ2v) is 8.01. The molecule has 2 atom stereocenters. The van der Waals surface area contributed by atoms with Crippen molar-refractivity contribution in [1.29, 1.82) is 0 Å². The lowest BCUT2D eigenvalue weighted by Gasteiger charge is -2.33. The van der Waals surface area contributed by atoms with Crippen molar-refractivity contribution in [3.05, 3.63) is 32.6 Å². The lowest BCUT2D eigenvalue weighted by Crippen LogP contribution is -2.41. The molecule has 6 heteroatoms. The maximum Gasteiger partial charge on any atom is 0.230 e. The van der Waals surface area contributed by atoms with Crippen LogP contribution < -0.4 is 0 Å².